The molecule has 15 nitrogen and oxygen atoms in total. The molecule has 0 unspecified atom stereocenters. The summed E-state index contributed by atoms with van der Waals surface area (Å²) < 4.78 is 14.3. The second kappa shape index (κ2) is 22.2. The number of methoxy groups -OCH3 is 1. The number of esters is 1. The second-order valence-corrected chi connectivity index (χ2v) is 22.2. The smallest absolute Gasteiger partial charge is 0.324 e. The Balaban J connectivity index is 1.25. The molecule has 73 heavy (non-hydrogen) atoms. The van der Waals surface area contributed by atoms with Gasteiger partial charge in [0.05, 0.1) is 35.1 Å². The third-order valence-corrected chi connectivity index (χ3v) is 15.6. The first-order chi connectivity index (χ1) is 34.6. The summed E-state index contributed by atoms with van der Waals surface area (Å²) in [5, 5.41) is 5.62. The number of hydrogen-bond donors (Lipinski definition) is 2. The zero-order chi connectivity index (χ0) is 53.2. The molecular formula is C58H78N8O7. The number of ether oxygens (including phenoxy) is 2. The van der Waals surface area contributed by atoms with E-state index in [-0.39, 0.29) is 43.4 Å². The fraction of sp³-hybridized carbons (Fsp3) is 0.552. The van der Waals surface area contributed by atoms with Crippen LogP contribution in [0.4, 0.5) is 0 Å². The van der Waals surface area contributed by atoms with Gasteiger partial charge in [0, 0.05) is 74.4 Å². The lowest BCUT2D eigenvalue weighted by Gasteiger charge is -2.37. The summed E-state index contributed by atoms with van der Waals surface area (Å²) in [7, 11) is 5.49. The molecule has 0 aliphatic carbocycles. The fourth-order valence-corrected chi connectivity index (χ4v) is 10.9. The van der Waals surface area contributed by atoms with Gasteiger partial charge in [-0.05, 0) is 127 Å². The first-order valence-corrected chi connectivity index (χ1v) is 26.1. The molecule has 3 fully saturated rings. The lowest BCUT2D eigenvalue weighted by atomic mass is 9.84. The molecule has 7 rings (SSSR count). The molecule has 0 radical (unpaired) electrons. The molecule has 2 aromatic carbocycles. The molecule has 15 heteroatoms. The van der Waals surface area contributed by atoms with Crippen LogP contribution in [0.3, 0.4) is 0 Å². The summed E-state index contributed by atoms with van der Waals surface area (Å²) in [5.41, 5.74) is 8.74. The summed E-state index contributed by atoms with van der Waals surface area (Å²) in [6, 6.07) is 11.8. The van der Waals surface area contributed by atoms with Gasteiger partial charge in [-0.1, -0.05) is 76.6 Å². The van der Waals surface area contributed by atoms with E-state index in [2.05, 4.69) is 84.8 Å². The van der Waals surface area contributed by atoms with Crippen molar-refractivity contribution in [2.45, 2.75) is 137 Å². The van der Waals surface area contributed by atoms with Crippen molar-refractivity contribution in [3.8, 4) is 23.0 Å². The number of fused-ring (bicyclic) bond motifs is 6. The van der Waals surface area contributed by atoms with Gasteiger partial charge in [-0.2, -0.15) is 0 Å². The molecule has 3 aromatic rings. The third-order valence-electron chi connectivity index (χ3n) is 15.6. The van der Waals surface area contributed by atoms with Crippen molar-refractivity contribution in [3.63, 3.8) is 0 Å². The quantitative estimate of drug-likeness (QED) is 0.0911. The van der Waals surface area contributed by atoms with Gasteiger partial charge in [0.2, 0.25) is 11.8 Å². The molecule has 1 spiro atoms. The SMILES string of the molecule is C=C/C(=C(\N=CC)[C@H](C)OC)c1c2c3cc(ccc3n1CC)-c1cccc(c1)C[C@H](NC(=O)[C@H](C(C)C)N1CC[C@]3(CCN(C(=O)C#CC(C)(C)N(C)C)C3)C1=O)C(=O)N1CCC[C@H](N1)C(=O)OCC(C)(C)C2. The lowest BCUT2D eigenvalue weighted by molar-refractivity contribution is -0.155. The third kappa shape index (κ3) is 11.4. The number of carbonyl (C=O) groups excluding carboxylic acids is 5. The summed E-state index contributed by atoms with van der Waals surface area (Å²) in [4.78, 5) is 81.8. The number of allylic oxidation sites excluding steroid dienone is 2. The highest BCUT2D eigenvalue weighted by molar-refractivity contribution is 5.98. The number of aromatic nitrogens is 1. The van der Waals surface area contributed by atoms with E-state index >= 15 is 0 Å². The first-order valence-electron chi connectivity index (χ1n) is 26.1. The van der Waals surface area contributed by atoms with Gasteiger partial charge in [0.25, 0.3) is 11.8 Å². The number of benzene rings is 2. The van der Waals surface area contributed by atoms with Crippen molar-refractivity contribution in [2.24, 2.45) is 21.7 Å². The monoisotopic (exact) mass is 999 g/mol. The number of hydrogen-bond acceptors (Lipinski definition) is 10. The normalized spacial score (nSPS) is 22.9. The van der Waals surface area contributed by atoms with Crippen molar-refractivity contribution in [2.75, 3.05) is 54.0 Å². The minimum atomic E-state index is -1.06. The summed E-state index contributed by atoms with van der Waals surface area (Å²) in [5.74, 6) is 3.80. The van der Waals surface area contributed by atoms with E-state index in [1.54, 1.807) is 23.1 Å². The van der Waals surface area contributed by atoms with Crippen LogP contribution in [-0.4, -0.2) is 144 Å². The standard InChI is InChI=1S/C58H78N8O7/c1-14-42(49(59-15-2)38(6)72-13)51-44-34-56(7,8)36-73-54(70)45-21-18-28-66(61-45)53(69)46(32-39-19-17-20-40(31-39)41-22-23-47(43(44)33-41)64(51)16-3)60-52(68)50(37(4)5)65-30-27-58(55(65)71)26-29-63(35-58)48(67)24-25-57(9,10)62(11)12/h14-15,17,19-20,22-23,31,33,37-38,45-46,50,61H,1,16,18,21,26-30,32,34-36H2,2-13H3,(H,60,68)/b49-42+,59-15?/t38-,45-,46-,50-,58-/m0/s1. The summed E-state index contributed by atoms with van der Waals surface area (Å²) in [6.45, 7) is 24.2. The maximum absolute atomic E-state index is 14.9. The zero-order valence-electron chi connectivity index (χ0n) is 45.3. The van der Waals surface area contributed by atoms with Crippen LogP contribution in [0.5, 0.6) is 0 Å². The highest BCUT2D eigenvalue weighted by Gasteiger charge is 2.54. The second-order valence-electron chi connectivity index (χ2n) is 22.2. The van der Waals surface area contributed by atoms with Crippen LogP contribution in [-0.2, 0) is 52.8 Å². The highest BCUT2D eigenvalue weighted by Crippen LogP contribution is 2.43. The number of aliphatic imine (C=N–C) groups is 1. The number of nitrogens with zero attached hydrogens (tertiary/aromatic N) is 6. The van der Waals surface area contributed by atoms with Gasteiger partial charge in [-0.3, -0.25) is 38.9 Å². The first kappa shape index (κ1) is 54.7. The van der Waals surface area contributed by atoms with Gasteiger partial charge in [0.15, 0.2) is 0 Å². The maximum Gasteiger partial charge on any atom is 0.324 e. The number of likely N-dealkylation sites (tertiary alicyclic amines) is 2. The summed E-state index contributed by atoms with van der Waals surface area (Å²) in [6.07, 6.45) is 5.97. The Kier molecular flexibility index (Phi) is 16.6. The Morgan fingerprint density at radius 3 is 2.47 bits per heavy atom. The molecule has 4 aliphatic rings. The van der Waals surface area contributed by atoms with E-state index in [4.69, 9.17) is 14.5 Å². The Bertz CT molecular complexity index is 2760. The number of amides is 4. The van der Waals surface area contributed by atoms with Gasteiger partial charge >= 0.3 is 5.97 Å². The molecular weight excluding hydrogens is 921 g/mol. The van der Waals surface area contributed by atoms with Crippen LogP contribution in [0.15, 0.2) is 65.8 Å². The Hall–Kier alpha value is -6.08. The molecule has 4 amide bonds. The maximum atomic E-state index is 14.9. The minimum absolute atomic E-state index is 0.114. The van der Waals surface area contributed by atoms with E-state index in [0.29, 0.717) is 58.3 Å². The van der Waals surface area contributed by atoms with Gasteiger partial charge < -0.3 is 29.2 Å². The minimum Gasteiger partial charge on any atom is -0.464 e. The van der Waals surface area contributed by atoms with Gasteiger partial charge in [-0.15, -0.1) is 0 Å². The van der Waals surface area contributed by atoms with Crippen LogP contribution < -0.4 is 10.7 Å². The summed E-state index contributed by atoms with van der Waals surface area (Å²) >= 11 is 0. The van der Waals surface area contributed by atoms with Crippen molar-refractivity contribution in [1.29, 1.82) is 0 Å². The number of aryl methyl sites for hydroxylation is 1. The number of carbonyl (C=O) groups is 5. The molecule has 2 N–H and O–H groups in total. The number of cyclic esters (lactones) is 1. The Labute approximate surface area is 432 Å². The van der Waals surface area contributed by atoms with Gasteiger partial charge in [0.1, 0.15) is 18.1 Å². The average Bonchev–Trinajstić information content (AvgIpc) is 4.03. The van der Waals surface area contributed by atoms with Crippen molar-refractivity contribution >= 4 is 52.3 Å². The van der Waals surface area contributed by atoms with E-state index in [0.717, 1.165) is 50.1 Å². The molecule has 1 aromatic heterocycles. The van der Waals surface area contributed by atoms with E-state index in [1.807, 2.05) is 78.7 Å². The van der Waals surface area contributed by atoms with Crippen molar-refractivity contribution < 1.29 is 33.4 Å². The van der Waals surface area contributed by atoms with Crippen LogP contribution in [0, 0.1) is 28.6 Å². The number of rotatable bonds is 11. The van der Waals surface area contributed by atoms with Crippen LogP contribution in [0.2, 0.25) is 0 Å². The van der Waals surface area contributed by atoms with E-state index in [1.165, 1.54) is 5.01 Å². The van der Waals surface area contributed by atoms with E-state index < -0.39 is 52.3 Å². The predicted molar refractivity (Wildman–Crippen MR) is 287 cm³/mol. The van der Waals surface area contributed by atoms with Crippen LogP contribution in [0.25, 0.3) is 27.6 Å². The van der Waals surface area contributed by atoms with Crippen molar-refractivity contribution in [3.05, 3.63) is 77.6 Å². The predicted octanol–water partition coefficient (Wildman–Crippen LogP) is 6.82. The van der Waals surface area contributed by atoms with Gasteiger partial charge in [-0.25, -0.2) is 5.43 Å². The zero-order valence-corrected chi connectivity index (χ0v) is 45.3. The molecule has 5 atom stereocenters. The Morgan fingerprint density at radius 2 is 1.79 bits per heavy atom. The van der Waals surface area contributed by atoms with E-state index in [9.17, 15) is 24.0 Å². The number of hydrazine groups is 1. The topological polar surface area (TPSA) is 158 Å². The van der Waals surface area contributed by atoms with Crippen LogP contribution >= 0.6 is 0 Å². The van der Waals surface area contributed by atoms with Crippen molar-refractivity contribution in [1.82, 2.24) is 35.0 Å². The van der Waals surface area contributed by atoms with Crippen LogP contribution in [0.1, 0.15) is 105 Å². The molecule has 5 heterocycles. The molecule has 392 valence electrons. The lowest BCUT2D eigenvalue weighted by Crippen LogP contribution is -2.62. The highest BCUT2D eigenvalue weighted by atomic mass is 16.5. The Morgan fingerprint density at radius 1 is 1.07 bits per heavy atom. The number of nitrogens with one attached hydrogen (secondary N) is 2. The molecule has 4 aliphatic heterocycles. The molecule has 0 saturated carbocycles. The fourth-order valence-electron chi connectivity index (χ4n) is 10.9. The largest absolute Gasteiger partial charge is 0.464 e. The average molecular weight is 999 g/mol. The molecule has 6 bridgehead atoms. The molecule has 3 saturated heterocycles.